The van der Waals surface area contributed by atoms with Gasteiger partial charge in [0.2, 0.25) is 0 Å². The van der Waals surface area contributed by atoms with Crippen molar-refractivity contribution in [1.82, 2.24) is 0 Å². The van der Waals surface area contributed by atoms with Crippen LogP contribution in [0.15, 0.2) is 24.3 Å². The first-order chi connectivity index (χ1) is 7.13. The fourth-order valence-corrected chi connectivity index (χ4v) is 1.17. The monoisotopic (exact) mass is 228 g/mol. The van der Waals surface area contributed by atoms with Gasteiger partial charge in [-0.25, -0.2) is 4.79 Å². The molecule has 0 saturated heterocycles. The first-order valence-electron chi connectivity index (χ1n) is 4.71. The van der Waals surface area contributed by atoms with E-state index in [0.29, 0.717) is 17.9 Å². The van der Waals surface area contributed by atoms with Gasteiger partial charge in [-0.15, -0.1) is 0 Å². The third-order valence-electron chi connectivity index (χ3n) is 1.66. The lowest BCUT2D eigenvalue weighted by atomic mass is 10.2. The van der Waals surface area contributed by atoms with Crippen molar-refractivity contribution in [3.05, 3.63) is 29.8 Å². The molecule has 4 heteroatoms. The quantitative estimate of drug-likeness (QED) is 0.587. The fraction of sp³-hybridized carbons (Fsp3) is 0.364. The summed E-state index contributed by atoms with van der Waals surface area (Å²) in [7, 11) is 0. The van der Waals surface area contributed by atoms with E-state index < -0.39 is 5.56 Å². The molecule has 0 N–H and O–H groups in total. The Morgan fingerprint density at radius 2 is 2.00 bits per heavy atom. The Balaban J connectivity index is 2.67. The number of rotatable bonds is 4. The van der Waals surface area contributed by atoms with Gasteiger partial charge < -0.3 is 9.47 Å². The van der Waals surface area contributed by atoms with E-state index in [1.807, 2.05) is 0 Å². The van der Waals surface area contributed by atoms with E-state index in [1.54, 1.807) is 38.1 Å². The molecule has 0 heterocycles. The van der Waals surface area contributed by atoms with Crippen molar-refractivity contribution in [3.63, 3.8) is 0 Å². The molecule has 1 aromatic rings. The largest absolute Gasteiger partial charge is 0.475 e. The minimum Gasteiger partial charge on any atom is -0.475 e. The van der Waals surface area contributed by atoms with Crippen LogP contribution in [0.4, 0.5) is 0 Å². The average Bonchev–Trinajstić information content (AvgIpc) is 2.18. The molecule has 0 amide bonds. The molecule has 1 rings (SSSR count). The third-order valence-corrected chi connectivity index (χ3v) is 1.75. The van der Waals surface area contributed by atoms with Crippen molar-refractivity contribution < 1.29 is 14.3 Å². The second kappa shape index (κ2) is 5.61. The molecule has 0 radical (unpaired) electrons. The van der Waals surface area contributed by atoms with E-state index >= 15 is 0 Å². The predicted octanol–water partition coefficient (Wildman–Crippen LogP) is 2.83. The van der Waals surface area contributed by atoms with Gasteiger partial charge in [0.25, 0.3) is 0 Å². The molecule has 0 aliphatic rings. The summed E-state index contributed by atoms with van der Waals surface area (Å²) < 4.78 is 10.1. The summed E-state index contributed by atoms with van der Waals surface area (Å²) in [5.74, 6) is 0.300. The minimum absolute atomic E-state index is 0.331. The summed E-state index contributed by atoms with van der Waals surface area (Å²) in [6.07, 6.45) is 0. The maximum absolute atomic E-state index is 11.3. The zero-order chi connectivity index (χ0) is 11.3. The summed E-state index contributed by atoms with van der Waals surface area (Å²) in [4.78, 5) is 11.3. The van der Waals surface area contributed by atoms with Crippen molar-refractivity contribution in [3.8, 4) is 5.75 Å². The zero-order valence-corrected chi connectivity index (χ0v) is 9.45. The van der Waals surface area contributed by atoms with Gasteiger partial charge in [0, 0.05) is 0 Å². The number of benzene rings is 1. The van der Waals surface area contributed by atoms with E-state index in [9.17, 15) is 4.79 Å². The maximum atomic E-state index is 11.3. The Labute approximate surface area is 93.9 Å². The highest BCUT2D eigenvalue weighted by molar-refractivity contribution is 6.19. The lowest BCUT2D eigenvalue weighted by Crippen LogP contribution is -2.05. The number of halogens is 1. The number of carbonyl (C=O) groups excluding carboxylic acids is 1. The number of esters is 1. The Morgan fingerprint density at radius 1 is 1.40 bits per heavy atom. The van der Waals surface area contributed by atoms with Crippen LogP contribution in [0.1, 0.15) is 24.2 Å². The smallest absolute Gasteiger partial charge is 0.338 e. The van der Waals surface area contributed by atoms with Crippen LogP contribution in [-0.4, -0.2) is 18.1 Å². The lowest BCUT2D eigenvalue weighted by Gasteiger charge is -2.08. The van der Waals surface area contributed by atoms with E-state index in [4.69, 9.17) is 21.1 Å². The van der Waals surface area contributed by atoms with Gasteiger partial charge in [-0.3, -0.25) is 0 Å². The number of carbonyl (C=O) groups is 1. The molecule has 0 aliphatic carbocycles. The molecular formula is C11H13ClO3. The van der Waals surface area contributed by atoms with Crippen molar-refractivity contribution >= 4 is 17.6 Å². The van der Waals surface area contributed by atoms with Crippen molar-refractivity contribution in [2.75, 3.05) is 6.61 Å². The standard InChI is InChI=1S/C11H13ClO3/c1-3-14-11(13)9-4-6-10(7-5-9)15-8(2)12/h4-8H,3H2,1-2H3. The van der Waals surface area contributed by atoms with Gasteiger partial charge in [0.05, 0.1) is 12.2 Å². The summed E-state index contributed by atoms with van der Waals surface area (Å²) in [5.41, 5.74) is 0.116. The molecular weight excluding hydrogens is 216 g/mol. The second-order valence-corrected chi connectivity index (χ2v) is 3.52. The van der Waals surface area contributed by atoms with Crippen LogP contribution < -0.4 is 4.74 Å². The van der Waals surface area contributed by atoms with Crippen LogP contribution >= 0.6 is 11.6 Å². The van der Waals surface area contributed by atoms with E-state index in [-0.39, 0.29) is 5.97 Å². The van der Waals surface area contributed by atoms with Gasteiger partial charge in [-0.05, 0) is 38.1 Å². The molecule has 0 bridgehead atoms. The van der Waals surface area contributed by atoms with E-state index in [1.165, 1.54) is 0 Å². The molecule has 1 unspecified atom stereocenters. The van der Waals surface area contributed by atoms with Gasteiger partial charge in [0.1, 0.15) is 5.75 Å². The molecule has 1 atom stereocenters. The maximum Gasteiger partial charge on any atom is 0.338 e. The zero-order valence-electron chi connectivity index (χ0n) is 8.70. The molecule has 3 nitrogen and oxygen atoms in total. The van der Waals surface area contributed by atoms with Crippen LogP contribution in [0.5, 0.6) is 5.75 Å². The molecule has 0 spiro atoms. The SMILES string of the molecule is CCOC(=O)c1ccc(OC(C)Cl)cc1. The number of hydrogen-bond donors (Lipinski definition) is 0. The van der Waals surface area contributed by atoms with Crippen LogP contribution in [0, 0.1) is 0 Å². The number of hydrogen-bond acceptors (Lipinski definition) is 3. The Bertz CT molecular complexity index is 319. The molecule has 0 fully saturated rings. The highest BCUT2D eigenvalue weighted by Gasteiger charge is 2.06. The Morgan fingerprint density at radius 3 is 2.47 bits per heavy atom. The van der Waals surface area contributed by atoms with E-state index in [0.717, 1.165) is 0 Å². The highest BCUT2D eigenvalue weighted by Crippen LogP contribution is 2.15. The van der Waals surface area contributed by atoms with E-state index in [2.05, 4.69) is 0 Å². The van der Waals surface area contributed by atoms with Crippen molar-refractivity contribution in [2.24, 2.45) is 0 Å². The average molecular weight is 229 g/mol. The third kappa shape index (κ3) is 3.80. The van der Waals surface area contributed by atoms with Crippen molar-refractivity contribution in [1.29, 1.82) is 0 Å². The first-order valence-corrected chi connectivity index (χ1v) is 5.15. The van der Waals surface area contributed by atoms with Gasteiger partial charge in [0.15, 0.2) is 5.56 Å². The fourth-order valence-electron chi connectivity index (χ4n) is 1.07. The molecule has 1 aromatic carbocycles. The van der Waals surface area contributed by atoms with Crippen LogP contribution in [0.25, 0.3) is 0 Å². The topological polar surface area (TPSA) is 35.5 Å². The highest BCUT2D eigenvalue weighted by atomic mass is 35.5. The molecule has 82 valence electrons. The number of ether oxygens (including phenoxy) is 2. The number of alkyl halides is 1. The summed E-state index contributed by atoms with van der Waals surface area (Å²) in [6, 6.07) is 6.66. The summed E-state index contributed by atoms with van der Waals surface area (Å²) in [6.45, 7) is 3.86. The van der Waals surface area contributed by atoms with Crippen LogP contribution in [-0.2, 0) is 4.74 Å². The summed E-state index contributed by atoms with van der Waals surface area (Å²) in [5, 5.41) is 0. The van der Waals surface area contributed by atoms with Crippen molar-refractivity contribution in [2.45, 2.75) is 19.4 Å². The normalized spacial score (nSPS) is 11.9. The van der Waals surface area contributed by atoms with Gasteiger partial charge in [-0.1, -0.05) is 11.6 Å². The molecule has 0 aliphatic heterocycles. The summed E-state index contributed by atoms with van der Waals surface area (Å²) >= 11 is 5.65. The molecule has 15 heavy (non-hydrogen) atoms. The van der Waals surface area contributed by atoms with Gasteiger partial charge >= 0.3 is 5.97 Å². The second-order valence-electron chi connectivity index (χ2n) is 2.91. The molecule has 0 saturated carbocycles. The Hall–Kier alpha value is -1.22. The molecule has 0 aromatic heterocycles. The van der Waals surface area contributed by atoms with Gasteiger partial charge in [-0.2, -0.15) is 0 Å². The first kappa shape index (κ1) is 11.9. The predicted molar refractivity (Wildman–Crippen MR) is 58.3 cm³/mol. The lowest BCUT2D eigenvalue weighted by molar-refractivity contribution is 0.0526. The van der Waals surface area contributed by atoms with Crippen LogP contribution in [0.2, 0.25) is 0 Å². The Kier molecular flexibility index (Phi) is 4.43. The van der Waals surface area contributed by atoms with Crippen LogP contribution in [0.3, 0.4) is 0 Å². The minimum atomic E-state index is -0.390.